The monoisotopic (exact) mass is 405 g/mol. The molecule has 28 heavy (non-hydrogen) atoms. The molecule has 1 unspecified atom stereocenters. The number of hydrogen-bond donors (Lipinski definition) is 1. The average molecular weight is 405 g/mol. The van der Waals surface area contributed by atoms with Gasteiger partial charge >= 0.3 is 6.09 Å². The number of nitrogens with one attached hydrogen (secondary N) is 1. The maximum atomic E-state index is 13.2. The molecule has 0 aliphatic rings. The van der Waals surface area contributed by atoms with Gasteiger partial charge in [0.15, 0.2) is 10.3 Å². The molecular weight excluding hydrogens is 384 g/mol. The Morgan fingerprint density at radius 3 is 2.57 bits per heavy atom. The van der Waals surface area contributed by atoms with Crippen molar-refractivity contribution in [1.29, 1.82) is 0 Å². The maximum absolute atomic E-state index is 13.2. The van der Waals surface area contributed by atoms with Crippen LogP contribution in [0.2, 0.25) is 0 Å². The highest BCUT2D eigenvalue weighted by atomic mass is 32.1. The lowest BCUT2D eigenvalue weighted by atomic mass is 10.1. The molecule has 0 saturated heterocycles. The summed E-state index contributed by atoms with van der Waals surface area (Å²) in [6.45, 7) is 6.14. The first-order valence-electron chi connectivity index (χ1n) is 8.88. The normalized spacial score (nSPS) is 12.2. The van der Waals surface area contributed by atoms with Gasteiger partial charge in [-0.05, 0) is 42.5 Å². The van der Waals surface area contributed by atoms with Crippen molar-refractivity contribution in [2.24, 2.45) is 5.92 Å². The third-order valence-corrected chi connectivity index (χ3v) is 4.87. The summed E-state index contributed by atoms with van der Waals surface area (Å²) in [7, 11) is 0. The molecule has 0 radical (unpaired) electrons. The summed E-state index contributed by atoms with van der Waals surface area (Å²) in [5.74, 6) is 0.467. The van der Waals surface area contributed by atoms with E-state index in [0.29, 0.717) is 23.1 Å². The van der Waals surface area contributed by atoms with Crippen LogP contribution in [-0.2, 0) is 6.42 Å². The number of ether oxygens (including phenoxy) is 1. The summed E-state index contributed by atoms with van der Waals surface area (Å²) in [6, 6.07) is 7.82. The lowest BCUT2D eigenvalue weighted by Gasteiger charge is -2.17. The second-order valence-electron chi connectivity index (χ2n) is 6.90. The number of carbonyl (C=O) groups is 1. The second kappa shape index (κ2) is 8.52. The summed E-state index contributed by atoms with van der Waals surface area (Å²) in [5.41, 5.74) is 1.90. The lowest BCUT2D eigenvalue weighted by Crippen LogP contribution is -2.19. The molecule has 1 amide bonds. The summed E-state index contributed by atoms with van der Waals surface area (Å²) < 4.78 is 33.6. The number of hydrogen-bond acceptors (Lipinski definition) is 4. The Morgan fingerprint density at radius 1 is 1.25 bits per heavy atom. The highest BCUT2D eigenvalue weighted by Gasteiger charge is 2.18. The van der Waals surface area contributed by atoms with Crippen LogP contribution in [0.5, 0.6) is 5.88 Å². The Bertz CT molecular complexity index is 951. The van der Waals surface area contributed by atoms with Crippen LogP contribution in [0, 0.1) is 16.9 Å². The van der Waals surface area contributed by atoms with Crippen LogP contribution in [0.25, 0.3) is 0 Å². The molecule has 8 heteroatoms. The lowest BCUT2D eigenvalue weighted by molar-refractivity contribution is 0.210. The van der Waals surface area contributed by atoms with Gasteiger partial charge in [0.1, 0.15) is 5.82 Å². The third kappa shape index (κ3) is 4.95. The number of rotatable bonds is 6. The van der Waals surface area contributed by atoms with E-state index < -0.39 is 11.2 Å². The molecule has 1 aromatic carbocycles. The summed E-state index contributed by atoms with van der Waals surface area (Å²) in [6.07, 6.45) is 3.02. The van der Waals surface area contributed by atoms with Crippen molar-refractivity contribution >= 4 is 22.6 Å². The van der Waals surface area contributed by atoms with Crippen LogP contribution in [0.3, 0.4) is 0 Å². The van der Waals surface area contributed by atoms with E-state index >= 15 is 0 Å². The van der Waals surface area contributed by atoms with Crippen molar-refractivity contribution < 1.29 is 18.3 Å². The zero-order valence-electron chi connectivity index (χ0n) is 15.8. The van der Waals surface area contributed by atoms with E-state index in [1.807, 2.05) is 23.8 Å². The first-order chi connectivity index (χ1) is 13.3. The topological polar surface area (TPSA) is 56.1 Å². The Kier molecular flexibility index (Phi) is 6.08. The highest BCUT2D eigenvalue weighted by molar-refractivity contribution is 7.14. The quantitative estimate of drug-likeness (QED) is 0.577. The molecule has 2 heterocycles. The van der Waals surface area contributed by atoms with Crippen molar-refractivity contribution in [1.82, 2.24) is 9.55 Å². The zero-order valence-corrected chi connectivity index (χ0v) is 16.6. The minimum Gasteiger partial charge on any atom is -0.393 e. The summed E-state index contributed by atoms with van der Waals surface area (Å²) >= 11 is 0.717. The standard InChI is InChI=1S/C20H21F2N3O2S/c1-12(2)8-14-9-18(27-20(26)24-19-23-10-17(22)28-19)25(11-14)13(3)15-4-6-16(21)7-5-15/h4-7,9-13H,8H2,1-3H3,(H,23,24,26). The fourth-order valence-corrected chi connectivity index (χ4v) is 3.43. The molecule has 1 N–H and O–H groups in total. The fourth-order valence-electron chi connectivity index (χ4n) is 2.90. The number of aromatic nitrogens is 2. The maximum Gasteiger partial charge on any atom is 0.420 e. The predicted molar refractivity (Wildman–Crippen MR) is 105 cm³/mol. The molecule has 0 spiro atoms. The van der Waals surface area contributed by atoms with Crippen LogP contribution in [-0.4, -0.2) is 15.6 Å². The predicted octanol–water partition coefficient (Wildman–Crippen LogP) is 5.64. The molecule has 0 bridgehead atoms. The first-order valence-corrected chi connectivity index (χ1v) is 9.70. The van der Waals surface area contributed by atoms with Crippen molar-refractivity contribution in [3.05, 3.63) is 64.8 Å². The van der Waals surface area contributed by atoms with E-state index in [-0.39, 0.29) is 17.0 Å². The van der Waals surface area contributed by atoms with Gasteiger partial charge in [0.2, 0.25) is 5.88 Å². The van der Waals surface area contributed by atoms with Gasteiger partial charge in [-0.2, -0.15) is 4.39 Å². The average Bonchev–Trinajstić information content (AvgIpc) is 3.20. The SMILES string of the molecule is CC(C)Cc1cc(OC(=O)Nc2ncc(F)s2)n(C(C)c2ccc(F)cc2)c1. The van der Waals surface area contributed by atoms with Crippen molar-refractivity contribution in [3.8, 4) is 5.88 Å². The molecular formula is C20H21F2N3O2S. The van der Waals surface area contributed by atoms with Crippen LogP contribution in [0.4, 0.5) is 18.7 Å². The van der Waals surface area contributed by atoms with E-state index in [4.69, 9.17) is 4.74 Å². The Labute approximate surface area is 166 Å². The Balaban J connectivity index is 1.84. The largest absolute Gasteiger partial charge is 0.420 e. The fraction of sp³-hybridized carbons (Fsp3) is 0.300. The van der Waals surface area contributed by atoms with Crippen molar-refractivity contribution in [3.63, 3.8) is 0 Å². The van der Waals surface area contributed by atoms with Crippen molar-refractivity contribution in [2.75, 3.05) is 5.32 Å². The molecule has 3 rings (SSSR count). The van der Waals surface area contributed by atoms with Gasteiger partial charge in [0.05, 0.1) is 12.2 Å². The molecule has 148 valence electrons. The van der Waals surface area contributed by atoms with Crippen LogP contribution in [0.15, 0.2) is 42.7 Å². The van der Waals surface area contributed by atoms with Gasteiger partial charge in [-0.15, -0.1) is 0 Å². The van der Waals surface area contributed by atoms with Gasteiger partial charge in [0.25, 0.3) is 0 Å². The van der Waals surface area contributed by atoms with Gasteiger partial charge in [-0.3, -0.25) is 5.32 Å². The molecule has 2 aromatic heterocycles. The Morgan fingerprint density at radius 2 is 1.96 bits per heavy atom. The van der Waals surface area contributed by atoms with Crippen LogP contribution < -0.4 is 10.1 Å². The van der Waals surface area contributed by atoms with Gasteiger partial charge in [0, 0.05) is 12.3 Å². The van der Waals surface area contributed by atoms with Crippen molar-refractivity contribution in [2.45, 2.75) is 33.2 Å². The highest BCUT2D eigenvalue weighted by Crippen LogP contribution is 2.28. The number of amides is 1. The summed E-state index contributed by atoms with van der Waals surface area (Å²) in [5, 5.41) is 2.04. The van der Waals surface area contributed by atoms with E-state index in [9.17, 15) is 13.6 Å². The molecule has 5 nitrogen and oxygen atoms in total. The van der Waals surface area contributed by atoms with E-state index in [1.54, 1.807) is 12.1 Å². The molecule has 1 atom stereocenters. The van der Waals surface area contributed by atoms with Crippen LogP contribution >= 0.6 is 11.3 Å². The second-order valence-corrected chi connectivity index (χ2v) is 7.88. The van der Waals surface area contributed by atoms with E-state index in [0.717, 1.165) is 23.7 Å². The number of halogens is 2. The Hall–Kier alpha value is -2.74. The van der Waals surface area contributed by atoms with Gasteiger partial charge in [-0.25, -0.2) is 14.2 Å². The molecule has 0 fully saturated rings. The third-order valence-electron chi connectivity index (χ3n) is 4.17. The molecule has 3 aromatic rings. The van der Waals surface area contributed by atoms with E-state index in [1.165, 1.54) is 12.1 Å². The number of benzene rings is 1. The van der Waals surface area contributed by atoms with Gasteiger partial charge in [-0.1, -0.05) is 37.3 Å². The number of thiazole rings is 1. The summed E-state index contributed by atoms with van der Waals surface area (Å²) in [4.78, 5) is 16.0. The number of anilines is 1. The smallest absolute Gasteiger partial charge is 0.393 e. The number of carbonyl (C=O) groups excluding carboxylic acids is 1. The first kappa shape index (κ1) is 20.0. The minimum atomic E-state index is -0.754. The van der Waals surface area contributed by atoms with Crippen LogP contribution in [0.1, 0.15) is 37.9 Å². The molecule has 0 saturated carbocycles. The molecule has 0 aliphatic heterocycles. The number of nitrogens with zero attached hydrogens (tertiary/aromatic N) is 2. The van der Waals surface area contributed by atoms with E-state index in [2.05, 4.69) is 24.1 Å². The molecule has 0 aliphatic carbocycles. The minimum absolute atomic E-state index is 0.120. The zero-order chi connectivity index (χ0) is 20.3. The van der Waals surface area contributed by atoms with Gasteiger partial charge < -0.3 is 9.30 Å².